The fourth-order valence-corrected chi connectivity index (χ4v) is 2.58. The summed E-state index contributed by atoms with van der Waals surface area (Å²) in [5, 5.41) is 6.55. The van der Waals surface area contributed by atoms with Crippen LogP contribution in [0.15, 0.2) is 54.7 Å². The third kappa shape index (κ3) is 4.95. The fraction of sp³-hybridized carbons (Fsp3) is 0.150. The highest BCUT2D eigenvalue weighted by Gasteiger charge is 2.10. The number of hydrogen-bond acceptors (Lipinski definition) is 5. The zero-order chi connectivity index (χ0) is 19.2. The van der Waals surface area contributed by atoms with Crippen molar-refractivity contribution in [2.24, 2.45) is 0 Å². The molecule has 138 valence electrons. The van der Waals surface area contributed by atoms with Crippen LogP contribution in [0, 0.1) is 6.92 Å². The van der Waals surface area contributed by atoms with Crippen molar-refractivity contribution >= 4 is 29.1 Å². The predicted molar refractivity (Wildman–Crippen MR) is 106 cm³/mol. The maximum absolute atomic E-state index is 12.4. The van der Waals surface area contributed by atoms with Crippen LogP contribution in [0.25, 0.3) is 0 Å². The summed E-state index contributed by atoms with van der Waals surface area (Å²) in [5.41, 5.74) is 3.03. The molecule has 1 heterocycles. The molecule has 0 spiro atoms. The SMILES string of the molecule is COc1ccc(CNC(=O)c2ccnc(Nc3cc(Cl)ccc3C)n2)cc1. The van der Waals surface area contributed by atoms with Crippen molar-refractivity contribution in [3.8, 4) is 5.75 Å². The average molecular weight is 383 g/mol. The van der Waals surface area contributed by atoms with Gasteiger partial charge in [0, 0.05) is 23.5 Å². The Labute approximate surface area is 162 Å². The number of benzene rings is 2. The number of nitrogens with one attached hydrogen (secondary N) is 2. The molecule has 0 saturated carbocycles. The van der Waals surface area contributed by atoms with Crippen LogP contribution in [0.5, 0.6) is 5.75 Å². The lowest BCUT2D eigenvalue weighted by molar-refractivity contribution is 0.0946. The molecule has 3 aromatic rings. The summed E-state index contributed by atoms with van der Waals surface area (Å²) in [6, 6.07) is 14.6. The van der Waals surface area contributed by atoms with Crippen molar-refractivity contribution in [2.75, 3.05) is 12.4 Å². The van der Waals surface area contributed by atoms with E-state index in [9.17, 15) is 4.79 Å². The van der Waals surface area contributed by atoms with Crippen LogP contribution in [-0.4, -0.2) is 23.0 Å². The number of aromatic nitrogens is 2. The highest BCUT2D eigenvalue weighted by molar-refractivity contribution is 6.30. The van der Waals surface area contributed by atoms with Gasteiger partial charge in [-0.25, -0.2) is 9.97 Å². The number of ether oxygens (including phenoxy) is 1. The number of hydrogen-bond donors (Lipinski definition) is 2. The van der Waals surface area contributed by atoms with Gasteiger partial charge >= 0.3 is 0 Å². The van der Waals surface area contributed by atoms with Gasteiger partial charge in [0.1, 0.15) is 11.4 Å². The maximum Gasteiger partial charge on any atom is 0.270 e. The summed E-state index contributed by atoms with van der Waals surface area (Å²) in [7, 11) is 1.61. The number of rotatable bonds is 6. The van der Waals surface area contributed by atoms with Gasteiger partial charge in [0.15, 0.2) is 0 Å². The molecule has 0 aliphatic rings. The average Bonchev–Trinajstić information content (AvgIpc) is 2.69. The summed E-state index contributed by atoms with van der Waals surface area (Å²) in [6.45, 7) is 2.34. The van der Waals surface area contributed by atoms with Gasteiger partial charge in [0.2, 0.25) is 5.95 Å². The van der Waals surface area contributed by atoms with Gasteiger partial charge in [0.05, 0.1) is 7.11 Å². The largest absolute Gasteiger partial charge is 0.497 e. The van der Waals surface area contributed by atoms with E-state index in [1.54, 1.807) is 19.2 Å². The van der Waals surface area contributed by atoms with Gasteiger partial charge in [-0.05, 0) is 48.4 Å². The van der Waals surface area contributed by atoms with E-state index in [2.05, 4.69) is 20.6 Å². The third-order valence-electron chi connectivity index (χ3n) is 3.95. The second-order valence-corrected chi connectivity index (χ2v) is 6.32. The Bertz CT molecular complexity index is 945. The molecule has 1 aromatic heterocycles. The van der Waals surface area contributed by atoms with E-state index >= 15 is 0 Å². The van der Waals surface area contributed by atoms with E-state index in [1.807, 2.05) is 43.3 Å². The highest BCUT2D eigenvalue weighted by Crippen LogP contribution is 2.22. The molecule has 0 aliphatic carbocycles. The Balaban J connectivity index is 1.66. The minimum Gasteiger partial charge on any atom is -0.497 e. The van der Waals surface area contributed by atoms with Crippen LogP contribution in [0.4, 0.5) is 11.6 Å². The molecule has 0 radical (unpaired) electrons. The molecule has 27 heavy (non-hydrogen) atoms. The Morgan fingerprint density at radius 3 is 2.67 bits per heavy atom. The molecule has 7 heteroatoms. The van der Waals surface area contributed by atoms with Crippen molar-refractivity contribution in [1.82, 2.24) is 15.3 Å². The van der Waals surface area contributed by atoms with Crippen molar-refractivity contribution in [1.29, 1.82) is 0 Å². The van der Waals surface area contributed by atoms with E-state index in [-0.39, 0.29) is 11.6 Å². The van der Waals surface area contributed by atoms with E-state index in [0.717, 1.165) is 22.6 Å². The van der Waals surface area contributed by atoms with Crippen LogP contribution in [-0.2, 0) is 6.54 Å². The number of amides is 1. The number of carbonyl (C=O) groups is 1. The molecular weight excluding hydrogens is 364 g/mol. The summed E-state index contributed by atoms with van der Waals surface area (Å²) in [4.78, 5) is 20.8. The minimum atomic E-state index is -0.279. The van der Waals surface area contributed by atoms with Gasteiger partial charge in [-0.15, -0.1) is 0 Å². The summed E-state index contributed by atoms with van der Waals surface area (Å²) in [6.07, 6.45) is 1.54. The van der Waals surface area contributed by atoms with E-state index < -0.39 is 0 Å². The van der Waals surface area contributed by atoms with Gasteiger partial charge in [0.25, 0.3) is 5.91 Å². The van der Waals surface area contributed by atoms with Crippen LogP contribution >= 0.6 is 11.6 Å². The number of methoxy groups -OCH3 is 1. The first-order valence-corrected chi connectivity index (χ1v) is 8.70. The highest BCUT2D eigenvalue weighted by atomic mass is 35.5. The monoisotopic (exact) mass is 382 g/mol. The lowest BCUT2D eigenvalue weighted by Crippen LogP contribution is -2.24. The Morgan fingerprint density at radius 1 is 1.15 bits per heavy atom. The summed E-state index contributed by atoms with van der Waals surface area (Å²) < 4.78 is 5.12. The second kappa shape index (κ2) is 8.51. The first-order valence-electron chi connectivity index (χ1n) is 8.32. The van der Waals surface area contributed by atoms with Crippen molar-refractivity contribution in [3.05, 3.63) is 76.6 Å². The first-order chi connectivity index (χ1) is 13.0. The molecule has 0 saturated heterocycles. The normalized spacial score (nSPS) is 10.3. The van der Waals surface area contributed by atoms with E-state index in [4.69, 9.17) is 16.3 Å². The van der Waals surface area contributed by atoms with Crippen LogP contribution in [0.1, 0.15) is 21.6 Å². The lowest BCUT2D eigenvalue weighted by atomic mass is 10.2. The topological polar surface area (TPSA) is 76.1 Å². The Morgan fingerprint density at radius 2 is 1.93 bits per heavy atom. The van der Waals surface area contributed by atoms with Crippen LogP contribution in [0.3, 0.4) is 0 Å². The minimum absolute atomic E-state index is 0.278. The van der Waals surface area contributed by atoms with Gasteiger partial charge < -0.3 is 15.4 Å². The standard InChI is InChI=1S/C20H19ClN4O2/c1-13-3-6-15(21)11-18(13)25-20-22-10-9-17(24-20)19(26)23-12-14-4-7-16(27-2)8-5-14/h3-11H,12H2,1-2H3,(H,23,26)(H,22,24,25). The van der Waals surface area contributed by atoms with E-state index in [1.165, 1.54) is 6.20 Å². The Kier molecular flexibility index (Phi) is 5.88. The summed E-state index contributed by atoms with van der Waals surface area (Å²) in [5.74, 6) is 0.824. The third-order valence-corrected chi connectivity index (χ3v) is 4.18. The maximum atomic E-state index is 12.4. The predicted octanol–water partition coefficient (Wildman–Crippen LogP) is 4.12. The molecule has 0 aliphatic heterocycles. The molecule has 0 fully saturated rings. The van der Waals surface area contributed by atoms with Gasteiger partial charge in [-0.1, -0.05) is 29.8 Å². The van der Waals surface area contributed by atoms with Crippen molar-refractivity contribution in [3.63, 3.8) is 0 Å². The van der Waals surface area contributed by atoms with E-state index in [0.29, 0.717) is 17.5 Å². The number of halogens is 1. The molecule has 6 nitrogen and oxygen atoms in total. The molecule has 3 rings (SSSR count). The first kappa shape index (κ1) is 18.7. The Hall–Kier alpha value is -3.12. The fourth-order valence-electron chi connectivity index (χ4n) is 2.41. The molecule has 1 amide bonds. The number of nitrogens with zero attached hydrogens (tertiary/aromatic N) is 2. The quantitative estimate of drug-likeness (QED) is 0.670. The summed E-state index contributed by atoms with van der Waals surface area (Å²) >= 11 is 6.03. The zero-order valence-electron chi connectivity index (χ0n) is 15.0. The van der Waals surface area contributed by atoms with Crippen molar-refractivity contribution in [2.45, 2.75) is 13.5 Å². The van der Waals surface area contributed by atoms with Crippen LogP contribution in [0.2, 0.25) is 5.02 Å². The lowest BCUT2D eigenvalue weighted by Gasteiger charge is -2.10. The number of aryl methyl sites for hydroxylation is 1. The molecule has 0 unspecified atom stereocenters. The molecule has 2 N–H and O–H groups in total. The number of carbonyl (C=O) groups excluding carboxylic acids is 1. The van der Waals surface area contributed by atoms with Gasteiger partial charge in [-0.2, -0.15) is 0 Å². The van der Waals surface area contributed by atoms with Crippen molar-refractivity contribution < 1.29 is 9.53 Å². The number of anilines is 2. The molecule has 0 bridgehead atoms. The molecule has 2 aromatic carbocycles. The molecular formula is C20H19ClN4O2. The second-order valence-electron chi connectivity index (χ2n) is 5.88. The zero-order valence-corrected chi connectivity index (χ0v) is 15.7. The smallest absolute Gasteiger partial charge is 0.270 e. The van der Waals surface area contributed by atoms with Gasteiger partial charge in [-0.3, -0.25) is 4.79 Å². The molecule has 0 atom stereocenters. The van der Waals surface area contributed by atoms with Crippen LogP contribution < -0.4 is 15.4 Å².